The van der Waals surface area contributed by atoms with Crippen molar-refractivity contribution in [1.29, 1.82) is 0 Å². The van der Waals surface area contributed by atoms with Crippen LogP contribution >= 0.6 is 0 Å². The molecular weight excluding hydrogens is 158 g/mol. The second kappa shape index (κ2) is 8.55. The Balaban J connectivity index is -0.000000376. The standard InChI is InChI=1S/C10H23N.C2H6.H2/c1-6-11-8-7-10(4,5)9(2)3;1-2;/h9,11H,6-8H2,1-5H3;1-2H3;1H. The summed E-state index contributed by atoms with van der Waals surface area (Å²) in [7, 11) is 0. The molecule has 0 aromatic heterocycles. The molecule has 84 valence electrons. The summed E-state index contributed by atoms with van der Waals surface area (Å²) in [5.41, 5.74) is 0.488. The van der Waals surface area contributed by atoms with Crippen molar-refractivity contribution in [3.8, 4) is 0 Å². The van der Waals surface area contributed by atoms with Crippen molar-refractivity contribution in [2.45, 2.75) is 54.9 Å². The highest BCUT2D eigenvalue weighted by molar-refractivity contribution is 4.72. The van der Waals surface area contributed by atoms with Crippen LogP contribution in [0.3, 0.4) is 0 Å². The van der Waals surface area contributed by atoms with Gasteiger partial charge in [0.25, 0.3) is 0 Å². The molecule has 0 spiro atoms. The molecule has 0 aliphatic rings. The summed E-state index contributed by atoms with van der Waals surface area (Å²) < 4.78 is 0. The summed E-state index contributed by atoms with van der Waals surface area (Å²) in [5, 5.41) is 3.36. The zero-order chi connectivity index (χ0) is 10.9. The highest BCUT2D eigenvalue weighted by Gasteiger charge is 2.20. The van der Waals surface area contributed by atoms with Crippen LogP contribution in [0.25, 0.3) is 0 Å². The van der Waals surface area contributed by atoms with Gasteiger partial charge in [-0.3, -0.25) is 0 Å². The van der Waals surface area contributed by atoms with Gasteiger partial charge in [-0.1, -0.05) is 48.5 Å². The lowest BCUT2D eigenvalue weighted by Crippen LogP contribution is -2.26. The molecule has 0 aromatic carbocycles. The first kappa shape index (κ1) is 15.4. The van der Waals surface area contributed by atoms with Crippen LogP contribution in [0.2, 0.25) is 0 Å². The molecule has 1 N–H and O–H groups in total. The number of hydrogen-bond donors (Lipinski definition) is 1. The minimum absolute atomic E-state index is 0. The lowest BCUT2D eigenvalue weighted by atomic mass is 9.78. The third-order valence-electron chi connectivity index (χ3n) is 2.76. The molecule has 0 aliphatic carbocycles. The Bertz CT molecular complexity index is 100. The predicted octanol–water partition coefficient (Wildman–Crippen LogP) is 3.94. The van der Waals surface area contributed by atoms with Gasteiger partial charge in [-0.15, -0.1) is 0 Å². The van der Waals surface area contributed by atoms with E-state index in [-0.39, 0.29) is 1.43 Å². The summed E-state index contributed by atoms with van der Waals surface area (Å²) >= 11 is 0. The smallest absolute Gasteiger partial charge is 0 e. The molecule has 0 aromatic rings. The highest BCUT2D eigenvalue weighted by atomic mass is 14.8. The number of nitrogens with one attached hydrogen (secondary N) is 1. The fraction of sp³-hybridized carbons (Fsp3) is 1.00. The molecule has 0 aliphatic heterocycles. The Morgan fingerprint density at radius 2 is 1.69 bits per heavy atom. The summed E-state index contributed by atoms with van der Waals surface area (Å²) in [6.07, 6.45) is 1.28. The molecule has 0 fully saturated rings. The van der Waals surface area contributed by atoms with Crippen LogP contribution in [0.15, 0.2) is 0 Å². The largest absolute Gasteiger partial charge is 0.317 e. The average molecular weight is 189 g/mol. The lowest BCUT2D eigenvalue weighted by molar-refractivity contribution is 0.227. The molecule has 0 bridgehead atoms. The zero-order valence-electron chi connectivity index (χ0n) is 10.7. The fourth-order valence-corrected chi connectivity index (χ4v) is 0.876. The van der Waals surface area contributed by atoms with Crippen LogP contribution in [-0.4, -0.2) is 13.1 Å². The third-order valence-corrected chi connectivity index (χ3v) is 2.76. The van der Waals surface area contributed by atoms with Crippen LogP contribution < -0.4 is 5.32 Å². The first-order valence-corrected chi connectivity index (χ1v) is 5.71. The van der Waals surface area contributed by atoms with Crippen molar-refractivity contribution >= 4 is 0 Å². The second-order valence-electron chi connectivity index (χ2n) is 4.25. The van der Waals surface area contributed by atoms with Crippen molar-refractivity contribution in [1.82, 2.24) is 5.32 Å². The molecular formula is C12H31N. The van der Waals surface area contributed by atoms with Gasteiger partial charge in [-0.2, -0.15) is 0 Å². The quantitative estimate of drug-likeness (QED) is 0.646. The van der Waals surface area contributed by atoms with E-state index in [9.17, 15) is 0 Å². The Kier molecular flexibility index (Phi) is 10.2. The van der Waals surface area contributed by atoms with Crippen molar-refractivity contribution in [2.24, 2.45) is 11.3 Å². The topological polar surface area (TPSA) is 12.0 Å². The monoisotopic (exact) mass is 189 g/mol. The Morgan fingerprint density at radius 1 is 1.23 bits per heavy atom. The van der Waals surface area contributed by atoms with E-state index in [1.54, 1.807) is 0 Å². The molecule has 0 rings (SSSR count). The first-order valence-electron chi connectivity index (χ1n) is 5.71. The highest BCUT2D eigenvalue weighted by Crippen LogP contribution is 2.29. The third kappa shape index (κ3) is 8.29. The van der Waals surface area contributed by atoms with Crippen LogP contribution in [0.1, 0.15) is 56.3 Å². The average Bonchev–Trinajstić information content (AvgIpc) is 2.08. The van der Waals surface area contributed by atoms with Gasteiger partial charge in [0, 0.05) is 1.43 Å². The van der Waals surface area contributed by atoms with Gasteiger partial charge in [0.15, 0.2) is 0 Å². The molecule has 0 saturated heterocycles. The second-order valence-corrected chi connectivity index (χ2v) is 4.25. The van der Waals surface area contributed by atoms with Crippen LogP contribution in [0, 0.1) is 11.3 Å². The van der Waals surface area contributed by atoms with Gasteiger partial charge in [-0.25, -0.2) is 0 Å². The summed E-state index contributed by atoms with van der Waals surface area (Å²) in [6, 6.07) is 0. The van der Waals surface area contributed by atoms with E-state index in [1.807, 2.05) is 13.8 Å². The van der Waals surface area contributed by atoms with Crippen molar-refractivity contribution < 1.29 is 1.43 Å². The minimum atomic E-state index is 0. The lowest BCUT2D eigenvalue weighted by Gasteiger charge is -2.29. The van der Waals surface area contributed by atoms with E-state index < -0.39 is 0 Å². The number of rotatable bonds is 5. The van der Waals surface area contributed by atoms with E-state index >= 15 is 0 Å². The minimum Gasteiger partial charge on any atom is -0.317 e. The fourth-order valence-electron chi connectivity index (χ4n) is 0.876. The van der Waals surface area contributed by atoms with Crippen molar-refractivity contribution in [2.75, 3.05) is 13.1 Å². The summed E-state index contributed by atoms with van der Waals surface area (Å²) in [4.78, 5) is 0. The molecule has 0 heterocycles. The van der Waals surface area contributed by atoms with E-state index in [0.717, 1.165) is 19.0 Å². The molecule has 0 radical (unpaired) electrons. The van der Waals surface area contributed by atoms with Gasteiger partial charge in [0.1, 0.15) is 0 Å². The van der Waals surface area contributed by atoms with Crippen LogP contribution in [0.5, 0.6) is 0 Å². The molecule has 0 atom stereocenters. The molecule has 0 amide bonds. The van der Waals surface area contributed by atoms with Gasteiger partial charge >= 0.3 is 0 Å². The summed E-state index contributed by atoms with van der Waals surface area (Å²) in [6.45, 7) is 17.7. The molecule has 0 saturated carbocycles. The Hall–Kier alpha value is -0.0400. The van der Waals surface area contributed by atoms with Gasteiger partial charge < -0.3 is 5.32 Å². The Labute approximate surface area is 86.8 Å². The van der Waals surface area contributed by atoms with E-state index in [2.05, 4.69) is 39.9 Å². The van der Waals surface area contributed by atoms with E-state index in [0.29, 0.717) is 5.41 Å². The van der Waals surface area contributed by atoms with E-state index in [4.69, 9.17) is 0 Å². The van der Waals surface area contributed by atoms with Crippen LogP contribution in [-0.2, 0) is 0 Å². The van der Waals surface area contributed by atoms with Crippen LogP contribution in [0.4, 0.5) is 0 Å². The SMILES string of the molecule is CC.CCNCCC(C)(C)C(C)C.[HH]. The van der Waals surface area contributed by atoms with Gasteiger partial charge in [0.05, 0.1) is 0 Å². The normalized spacial score (nSPS) is 11.1. The maximum absolute atomic E-state index is 3.36. The predicted molar refractivity (Wildman–Crippen MR) is 65.2 cm³/mol. The first-order chi connectivity index (χ1) is 6.00. The summed E-state index contributed by atoms with van der Waals surface area (Å²) in [5.74, 6) is 0.779. The molecule has 13 heavy (non-hydrogen) atoms. The maximum atomic E-state index is 3.36. The molecule has 0 unspecified atom stereocenters. The molecule has 1 nitrogen and oxygen atoms in total. The van der Waals surface area contributed by atoms with E-state index in [1.165, 1.54) is 6.42 Å². The molecule has 1 heteroatoms. The van der Waals surface area contributed by atoms with Gasteiger partial charge in [0.2, 0.25) is 0 Å². The maximum Gasteiger partial charge on any atom is 0 e. The van der Waals surface area contributed by atoms with Crippen molar-refractivity contribution in [3.05, 3.63) is 0 Å². The Morgan fingerprint density at radius 3 is 2.00 bits per heavy atom. The van der Waals surface area contributed by atoms with Gasteiger partial charge in [-0.05, 0) is 30.8 Å². The van der Waals surface area contributed by atoms with Crippen molar-refractivity contribution in [3.63, 3.8) is 0 Å². The zero-order valence-corrected chi connectivity index (χ0v) is 10.7. The number of hydrogen-bond acceptors (Lipinski definition) is 1.